The number of aromatic nitrogens is 6. The van der Waals surface area contributed by atoms with E-state index >= 15 is 0 Å². The minimum atomic E-state index is 0.266. The highest BCUT2D eigenvalue weighted by Crippen LogP contribution is 2.31. The first kappa shape index (κ1) is 21.8. The highest BCUT2D eigenvalue weighted by molar-refractivity contribution is 5.78. The van der Waals surface area contributed by atoms with E-state index in [1.807, 2.05) is 43.5 Å². The first-order valence-electron chi connectivity index (χ1n) is 11.9. The van der Waals surface area contributed by atoms with Gasteiger partial charge in [-0.15, -0.1) is 0 Å². The maximum Gasteiger partial charge on any atom is 0.155 e. The van der Waals surface area contributed by atoms with E-state index in [9.17, 15) is 0 Å². The van der Waals surface area contributed by atoms with E-state index in [1.165, 1.54) is 25.9 Å². The summed E-state index contributed by atoms with van der Waals surface area (Å²) in [6, 6.07) is 10.2. The molecule has 0 radical (unpaired) electrons. The van der Waals surface area contributed by atoms with Crippen LogP contribution >= 0.6 is 0 Å². The van der Waals surface area contributed by atoms with Crippen LogP contribution in [0, 0.1) is 12.8 Å². The van der Waals surface area contributed by atoms with Gasteiger partial charge in [0.1, 0.15) is 12.2 Å². The third-order valence-corrected chi connectivity index (χ3v) is 6.80. The van der Waals surface area contributed by atoms with Gasteiger partial charge in [-0.1, -0.05) is 6.07 Å². The fraction of sp³-hybridized carbons (Fsp3) is 0.462. The van der Waals surface area contributed by atoms with Crippen molar-refractivity contribution >= 4 is 5.65 Å². The summed E-state index contributed by atoms with van der Waals surface area (Å²) in [7, 11) is 0. The van der Waals surface area contributed by atoms with Crippen LogP contribution in [0.4, 0.5) is 0 Å². The molecule has 1 saturated heterocycles. The standard InChI is InChI=1S/C26H33N7/c1-18-6-5-7-21(29-18)25-24(20-12-15-33-23(16-20)27-17-28-33)30-22(31-25)9-8-19-10-13-32(14-11-19)26(2,3)4/h5-7,12,15-17,19H,8-11,13-14H2,1-4H3,(H,30,31). The SMILES string of the molecule is Cc1cccc(-c2[nH]c(CCC3CCN(C(C)(C)C)CC3)nc2-c2ccn3ncnc3c2)n1. The molecule has 1 aliphatic heterocycles. The van der Waals surface area contributed by atoms with Crippen molar-refractivity contribution in [2.75, 3.05) is 13.1 Å². The van der Waals surface area contributed by atoms with Crippen LogP contribution in [0.2, 0.25) is 0 Å². The zero-order valence-corrected chi connectivity index (χ0v) is 20.0. The Morgan fingerprint density at radius 2 is 1.91 bits per heavy atom. The number of piperidine rings is 1. The van der Waals surface area contributed by atoms with Crippen LogP contribution in [-0.2, 0) is 6.42 Å². The Balaban J connectivity index is 1.39. The molecule has 7 heteroatoms. The van der Waals surface area contributed by atoms with Crippen molar-refractivity contribution in [2.24, 2.45) is 5.92 Å². The number of hydrogen-bond donors (Lipinski definition) is 1. The van der Waals surface area contributed by atoms with Gasteiger partial charge in [-0.25, -0.2) is 14.5 Å². The van der Waals surface area contributed by atoms with Crippen molar-refractivity contribution in [3.05, 3.63) is 54.4 Å². The Morgan fingerprint density at radius 1 is 1.09 bits per heavy atom. The summed E-state index contributed by atoms with van der Waals surface area (Å²) in [5.74, 6) is 1.79. The molecule has 1 fully saturated rings. The Labute approximate surface area is 195 Å². The van der Waals surface area contributed by atoms with E-state index < -0.39 is 0 Å². The molecule has 0 aromatic carbocycles. The van der Waals surface area contributed by atoms with E-state index in [4.69, 9.17) is 9.97 Å². The summed E-state index contributed by atoms with van der Waals surface area (Å²) in [5.41, 5.74) is 5.91. The molecule has 5 heterocycles. The molecule has 33 heavy (non-hydrogen) atoms. The molecule has 1 aliphatic rings. The average molecular weight is 444 g/mol. The number of imidazole rings is 1. The number of fused-ring (bicyclic) bond motifs is 1. The van der Waals surface area contributed by atoms with Crippen molar-refractivity contribution in [1.82, 2.24) is 34.4 Å². The highest BCUT2D eigenvalue weighted by atomic mass is 15.3. The molecule has 0 spiro atoms. The number of nitrogens with one attached hydrogen (secondary N) is 1. The molecule has 0 bridgehead atoms. The van der Waals surface area contributed by atoms with E-state index in [0.29, 0.717) is 0 Å². The van der Waals surface area contributed by atoms with Gasteiger partial charge < -0.3 is 4.98 Å². The lowest BCUT2D eigenvalue weighted by molar-refractivity contribution is 0.0853. The maximum atomic E-state index is 5.05. The summed E-state index contributed by atoms with van der Waals surface area (Å²) >= 11 is 0. The number of nitrogens with zero attached hydrogens (tertiary/aromatic N) is 6. The average Bonchev–Trinajstić information content (AvgIpc) is 3.44. The molecule has 172 valence electrons. The van der Waals surface area contributed by atoms with Crippen LogP contribution in [0.15, 0.2) is 42.9 Å². The van der Waals surface area contributed by atoms with E-state index in [-0.39, 0.29) is 5.54 Å². The molecular weight excluding hydrogens is 410 g/mol. The first-order valence-corrected chi connectivity index (χ1v) is 11.9. The van der Waals surface area contributed by atoms with Crippen molar-refractivity contribution < 1.29 is 0 Å². The number of pyridine rings is 2. The van der Waals surface area contributed by atoms with E-state index in [0.717, 1.165) is 58.6 Å². The van der Waals surface area contributed by atoms with Crippen LogP contribution in [0.1, 0.15) is 51.6 Å². The summed E-state index contributed by atoms with van der Waals surface area (Å²) in [6.45, 7) is 11.3. The number of likely N-dealkylation sites (tertiary alicyclic amines) is 1. The molecule has 0 atom stereocenters. The third kappa shape index (κ3) is 4.69. The summed E-state index contributed by atoms with van der Waals surface area (Å²) in [4.78, 5) is 20.4. The quantitative estimate of drug-likeness (QED) is 0.473. The zero-order valence-electron chi connectivity index (χ0n) is 20.0. The van der Waals surface area contributed by atoms with E-state index in [1.54, 1.807) is 10.8 Å². The third-order valence-electron chi connectivity index (χ3n) is 6.80. The van der Waals surface area contributed by atoms with Gasteiger partial charge in [0.25, 0.3) is 0 Å². The fourth-order valence-electron chi connectivity index (χ4n) is 4.81. The van der Waals surface area contributed by atoms with Gasteiger partial charge in [-0.3, -0.25) is 9.88 Å². The zero-order chi connectivity index (χ0) is 23.0. The summed E-state index contributed by atoms with van der Waals surface area (Å²) < 4.78 is 1.77. The van der Waals surface area contributed by atoms with Gasteiger partial charge in [0, 0.05) is 29.4 Å². The Morgan fingerprint density at radius 3 is 2.67 bits per heavy atom. The number of hydrogen-bond acceptors (Lipinski definition) is 5. The minimum absolute atomic E-state index is 0.266. The van der Waals surface area contributed by atoms with Crippen LogP contribution < -0.4 is 0 Å². The molecule has 4 aromatic heterocycles. The molecule has 0 unspecified atom stereocenters. The highest BCUT2D eigenvalue weighted by Gasteiger charge is 2.27. The van der Waals surface area contributed by atoms with Crippen LogP contribution in [0.25, 0.3) is 28.3 Å². The topological polar surface area (TPSA) is 75.0 Å². The van der Waals surface area contributed by atoms with Gasteiger partial charge in [0.15, 0.2) is 5.65 Å². The Hall–Kier alpha value is -3.06. The number of H-pyrrole nitrogens is 1. The van der Waals surface area contributed by atoms with Crippen molar-refractivity contribution in [1.29, 1.82) is 0 Å². The monoisotopic (exact) mass is 443 g/mol. The summed E-state index contributed by atoms with van der Waals surface area (Å²) in [6.07, 6.45) is 8.15. The number of rotatable bonds is 5. The van der Waals surface area contributed by atoms with Crippen molar-refractivity contribution in [2.45, 2.75) is 58.9 Å². The van der Waals surface area contributed by atoms with Gasteiger partial charge in [-0.2, -0.15) is 5.10 Å². The predicted molar refractivity (Wildman–Crippen MR) is 131 cm³/mol. The Kier molecular flexibility index (Phi) is 5.74. The van der Waals surface area contributed by atoms with Gasteiger partial charge in [-0.05, 0) is 90.2 Å². The van der Waals surface area contributed by atoms with Crippen molar-refractivity contribution in [3.63, 3.8) is 0 Å². The number of aromatic amines is 1. The van der Waals surface area contributed by atoms with Gasteiger partial charge in [0.2, 0.25) is 0 Å². The minimum Gasteiger partial charge on any atom is -0.340 e. The van der Waals surface area contributed by atoms with E-state index in [2.05, 4.69) is 40.7 Å². The van der Waals surface area contributed by atoms with Gasteiger partial charge >= 0.3 is 0 Å². The Bertz CT molecular complexity index is 1240. The second kappa shape index (κ2) is 8.71. The largest absolute Gasteiger partial charge is 0.340 e. The molecule has 0 aliphatic carbocycles. The number of aryl methyl sites for hydroxylation is 2. The maximum absolute atomic E-state index is 5.05. The lowest BCUT2D eigenvalue weighted by Crippen LogP contribution is -2.46. The molecular formula is C26H33N7. The second-order valence-corrected chi connectivity index (χ2v) is 10.2. The van der Waals surface area contributed by atoms with Crippen LogP contribution in [-0.4, -0.2) is 53.1 Å². The van der Waals surface area contributed by atoms with Crippen LogP contribution in [0.5, 0.6) is 0 Å². The lowest BCUT2D eigenvalue weighted by Gasteiger charge is -2.40. The molecule has 1 N–H and O–H groups in total. The summed E-state index contributed by atoms with van der Waals surface area (Å²) in [5, 5.41) is 4.21. The molecule has 7 nitrogen and oxygen atoms in total. The van der Waals surface area contributed by atoms with Crippen LogP contribution in [0.3, 0.4) is 0 Å². The van der Waals surface area contributed by atoms with Gasteiger partial charge in [0.05, 0.1) is 17.1 Å². The van der Waals surface area contributed by atoms with Crippen molar-refractivity contribution in [3.8, 4) is 22.6 Å². The lowest BCUT2D eigenvalue weighted by atomic mass is 9.89. The normalized spacial score (nSPS) is 16.0. The predicted octanol–water partition coefficient (Wildman–Crippen LogP) is 4.93. The molecule has 0 saturated carbocycles. The smallest absolute Gasteiger partial charge is 0.155 e. The molecule has 5 rings (SSSR count). The fourth-order valence-corrected chi connectivity index (χ4v) is 4.81. The second-order valence-electron chi connectivity index (χ2n) is 10.2. The molecule has 0 amide bonds. The first-order chi connectivity index (χ1) is 15.9. The molecule has 4 aromatic rings.